The molecule has 1 N–H and O–H groups in total. The molecule has 0 unspecified atom stereocenters. The number of ether oxygens (including phenoxy) is 2. The van der Waals surface area contributed by atoms with Gasteiger partial charge >= 0.3 is 6.09 Å². The number of benzene rings is 1. The summed E-state index contributed by atoms with van der Waals surface area (Å²) in [5.74, 6) is 0.669. The van der Waals surface area contributed by atoms with Crippen LogP contribution in [0.25, 0.3) is 0 Å². The molecular formula is C12H13Br2NO3. The molecule has 1 rings (SSSR count). The van der Waals surface area contributed by atoms with Crippen LogP contribution >= 0.6 is 31.9 Å². The number of carbonyl (C=O) groups excluding carboxylic acids is 1. The molecule has 0 bridgehead atoms. The van der Waals surface area contributed by atoms with Crippen LogP contribution in [0.5, 0.6) is 5.75 Å². The molecule has 0 aliphatic heterocycles. The molecule has 0 heterocycles. The molecule has 0 saturated carbocycles. The van der Waals surface area contributed by atoms with Gasteiger partial charge in [-0.15, -0.1) is 0 Å². The van der Waals surface area contributed by atoms with Crippen molar-refractivity contribution in [2.24, 2.45) is 0 Å². The molecule has 18 heavy (non-hydrogen) atoms. The molecular weight excluding hydrogens is 366 g/mol. The van der Waals surface area contributed by atoms with E-state index in [1.165, 1.54) is 0 Å². The zero-order valence-electron chi connectivity index (χ0n) is 10.00. The van der Waals surface area contributed by atoms with Gasteiger partial charge in [0, 0.05) is 5.69 Å². The van der Waals surface area contributed by atoms with Crippen LogP contribution in [0.15, 0.2) is 33.2 Å². The quantitative estimate of drug-likeness (QED) is 0.792. The van der Waals surface area contributed by atoms with E-state index in [1.54, 1.807) is 25.3 Å². The molecule has 0 fully saturated rings. The van der Waals surface area contributed by atoms with Gasteiger partial charge in [-0.3, -0.25) is 5.32 Å². The van der Waals surface area contributed by atoms with Crippen molar-refractivity contribution in [2.75, 3.05) is 19.0 Å². The Morgan fingerprint density at radius 1 is 1.39 bits per heavy atom. The zero-order chi connectivity index (χ0) is 13.5. The van der Waals surface area contributed by atoms with E-state index in [-0.39, 0.29) is 6.61 Å². The Labute approximate surface area is 123 Å². The number of hydrogen-bond acceptors (Lipinski definition) is 3. The van der Waals surface area contributed by atoms with E-state index in [0.717, 1.165) is 8.95 Å². The first-order valence-electron chi connectivity index (χ1n) is 5.16. The third-order valence-electron chi connectivity index (χ3n) is 2.00. The van der Waals surface area contributed by atoms with Crippen LogP contribution < -0.4 is 10.1 Å². The second-order valence-corrected chi connectivity index (χ2v) is 4.97. The summed E-state index contributed by atoms with van der Waals surface area (Å²) in [5, 5.41) is 2.62. The van der Waals surface area contributed by atoms with Crippen LogP contribution in [0.4, 0.5) is 10.5 Å². The van der Waals surface area contributed by atoms with Crippen molar-refractivity contribution < 1.29 is 14.3 Å². The third-order valence-corrected chi connectivity index (χ3v) is 3.17. The van der Waals surface area contributed by atoms with E-state index < -0.39 is 6.09 Å². The van der Waals surface area contributed by atoms with Crippen molar-refractivity contribution in [3.8, 4) is 5.75 Å². The molecule has 0 atom stereocenters. The SMILES string of the molecule is CC=CCOC(=O)Nc1cc(Br)c(OC)c(Br)c1. The average Bonchev–Trinajstić information content (AvgIpc) is 2.29. The van der Waals surface area contributed by atoms with E-state index in [1.807, 2.05) is 13.0 Å². The standard InChI is InChI=1S/C12H13Br2NO3/c1-3-4-5-18-12(16)15-8-6-9(13)11(17-2)10(14)7-8/h3-4,6-7H,5H2,1-2H3,(H,15,16). The second kappa shape index (κ2) is 7.43. The van der Waals surface area contributed by atoms with Crippen LogP contribution in [0.1, 0.15) is 6.92 Å². The number of carbonyl (C=O) groups is 1. The maximum Gasteiger partial charge on any atom is 0.411 e. The highest BCUT2D eigenvalue weighted by molar-refractivity contribution is 9.11. The Kier molecular flexibility index (Phi) is 6.21. The van der Waals surface area contributed by atoms with Gasteiger partial charge in [-0.2, -0.15) is 0 Å². The molecule has 1 aromatic carbocycles. The van der Waals surface area contributed by atoms with Crippen molar-refractivity contribution in [1.82, 2.24) is 0 Å². The van der Waals surface area contributed by atoms with E-state index >= 15 is 0 Å². The fraction of sp³-hybridized carbons (Fsp3) is 0.250. The predicted octanol–water partition coefficient (Wildman–Crippen LogP) is 4.34. The van der Waals surface area contributed by atoms with E-state index in [4.69, 9.17) is 9.47 Å². The summed E-state index contributed by atoms with van der Waals surface area (Å²) in [6.45, 7) is 2.11. The van der Waals surface area contributed by atoms with Crippen LogP contribution in [0.3, 0.4) is 0 Å². The van der Waals surface area contributed by atoms with Gasteiger partial charge in [-0.05, 0) is 50.9 Å². The largest absolute Gasteiger partial charge is 0.494 e. The van der Waals surface area contributed by atoms with Gasteiger partial charge in [0.2, 0.25) is 0 Å². The normalized spacial score (nSPS) is 10.4. The Hall–Kier alpha value is -1.01. The minimum atomic E-state index is -0.503. The topological polar surface area (TPSA) is 47.6 Å². The van der Waals surface area contributed by atoms with Gasteiger partial charge < -0.3 is 9.47 Å². The van der Waals surface area contributed by atoms with Crippen molar-refractivity contribution >= 4 is 43.6 Å². The number of nitrogens with one attached hydrogen (secondary N) is 1. The number of halogens is 2. The highest BCUT2D eigenvalue weighted by Crippen LogP contribution is 2.36. The Balaban J connectivity index is 2.71. The highest BCUT2D eigenvalue weighted by atomic mass is 79.9. The van der Waals surface area contributed by atoms with Crippen LogP contribution in [0.2, 0.25) is 0 Å². The first-order chi connectivity index (χ1) is 8.58. The maximum atomic E-state index is 11.4. The van der Waals surface area contributed by atoms with Gasteiger partial charge in [0.25, 0.3) is 0 Å². The van der Waals surface area contributed by atoms with Crippen molar-refractivity contribution in [1.29, 1.82) is 0 Å². The van der Waals surface area contributed by atoms with Crippen molar-refractivity contribution in [3.63, 3.8) is 0 Å². The third kappa shape index (κ3) is 4.34. The minimum Gasteiger partial charge on any atom is -0.494 e. The number of amides is 1. The number of allylic oxidation sites excluding steroid dienone is 1. The first kappa shape index (κ1) is 15.0. The molecule has 0 radical (unpaired) electrons. The minimum absolute atomic E-state index is 0.251. The summed E-state index contributed by atoms with van der Waals surface area (Å²) in [6, 6.07) is 3.47. The van der Waals surface area contributed by atoms with E-state index in [0.29, 0.717) is 11.4 Å². The molecule has 1 aromatic rings. The first-order valence-corrected chi connectivity index (χ1v) is 6.75. The molecule has 0 saturated heterocycles. The lowest BCUT2D eigenvalue weighted by atomic mass is 10.3. The maximum absolute atomic E-state index is 11.4. The van der Waals surface area contributed by atoms with Gasteiger partial charge in [-0.1, -0.05) is 12.2 Å². The number of hydrogen-bond donors (Lipinski definition) is 1. The predicted molar refractivity (Wildman–Crippen MR) is 78.2 cm³/mol. The van der Waals surface area contributed by atoms with Crippen molar-refractivity contribution in [3.05, 3.63) is 33.2 Å². The van der Waals surface area contributed by atoms with Gasteiger partial charge in [0.05, 0.1) is 16.1 Å². The summed E-state index contributed by atoms with van der Waals surface area (Å²) < 4.78 is 11.6. The lowest BCUT2D eigenvalue weighted by molar-refractivity contribution is 0.174. The lowest BCUT2D eigenvalue weighted by Gasteiger charge is -2.10. The van der Waals surface area contributed by atoms with E-state index in [2.05, 4.69) is 37.2 Å². The Bertz CT molecular complexity index is 438. The van der Waals surface area contributed by atoms with Crippen LogP contribution in [0, 0.1) is 0 Å². The lowest BCUT2D eigenvalue weighted by Crippen LogP contribution is -2.13. The molecule has 98 valence electrons. The summed E-state index contributed by atoms with van der Waals surface area (Å²) in [7, 11) is 1.57. The zero-order valence-corrected chi connectivity index (χ0v) is 13.2. The number of methoxy groups -OCH3 is 1. The summed E-state index contributed by atoms with van der Waals surface area (Å²) in [6.07, 6.45) is 3.06. The molecule has 0 aliphatic rings. The Morgan fingerprint density at radius 3 is 2.50 bits per heavy atom. The van der Waals surface area contributed by atoms with Crippen LogP contribution in [-0.2, 0) is 4.74 Å². The smallest absolute Gasteiger partial charge is 0.411 e. The molecule has 1 amide bonds. The average molecular weight is 379 g/mol. The fourth-order valence-corrected chi connectivity index (χ4v) is 2.71. The van der Waals surface area contributed by atoms with Gasteiger partial charge in [0.1, 0.15) is 12.4 Å². The van der Waals surface area contributed by atoms with Crippen LogP contribution in [-0.4, -0.2) is 19.8 Å². The highest BCUT2D eigenvalue weighted by Gasteiger charge is 2.10. The monoisotopic (exact) mass is 377 g/mol. The summed E-state index contributed by atoms with van der Waals surface area (Å²) in [5.41, 5.74) is 0.611. The number of anilines is 1. The molecule has 0 aromatic heterocycles. The molecule has 0 spiro atoms. The number of rotatable bonds is 4. The van der Waals surface area contributed by atoms with Gasteiger partial charge in [0.15, 0.2) is 0 Å². The molecule has 4 nitrogen and oxygen atoms in total. The summed E-state index contributed by atoms with van der Waals surface area (Å²) >= 11 is 6.71. The summed E-state index contributed by atoms with van der Waals surface area (Å²) in [4.78, 5) is 11.4. The van der Waals surface area contributed by atoms with E-state index in [9.17, 15) is 4.79 Å². The second-order valence-electron chi connectivity index (χ2n) is 3.27. The molecule has 0 aliphatic carbocycles. The Morgan fingerprint density at radius 2 is 2.00 bits per heavy atom. The fourth-order valence-electron chi connectivity index (χ4n) is 1.20. The van der Waals surface area contributed by atoms with Crippen molar-refractivity contribution in [2.45, 2.75) is 6.92 Å². The van der Waals surface area contributed by atoms with Gasteiger partial charge in [-0.25, -0.2) is 4.79 Å². The molecule has 6 heteroatoms.